The molecule has 1 saturated heterocycles. The fraction of sp³-hybridized carbons (Fsp3) is 0.667. The number of hydrogen-bond donors (Lipinski definition) is 1. The summed E-state index contributed by atoms with van der Waals surface area (Å²) in [5, 5.41) is 3.41. The van der Waals surface area contributed by atoms with Crippen LogP contribution in [0.3, 0.4) is 0 Å². The molecular formula is C15H25BrN4. The summed E-state index contributed by atoms with van der Waals surface area (Å²) in [6.45, 7) is 6.17. The van der Waals surface area contributed by atoms with E-state index in [1.807, 2.05) is 6.20 Å². The summed E-state index contributed by atoms with van der Waals surface area (Å²) in [4.78, 5) is 9.44. The average Bonchev–Trinajstić information content (AvgIpc) is 2.45. The summed E-state index contributed by atoms with van der Waals surface area (Å²) in [6, 6.07) is 2.81. The van der Waals surface area contributed by atoms with E-state index in [4.69, 9.17) is 0 Å². The van der Waals surface area contributed by atoms with E-state index in [0.717, 1.165) is 36.5 Å². The van der Waals surface area contributed by atoms with Gasteiger partial charge in [0.05, 0.1) is 0 Å². The van der Waals surface area contributed by atoms with Crippen LogP contribution in [0.15, 0.2) is 16.7 Å². The van der Waals surface area contributed by atoms with Crippen LogP contribution in [0.2, 0.25) is 0 Å². The van der Waals surface area contributed by atoms with Gasteiger partial charge >= 0.3 is 0 Å². The summed E-state index contributed by atoms with van der Waals surface area (Å²) < 4.78 is 1.05. The number of hydrogen-bond acceptors (Lipinski definition) is 4. The molecule has 1 aromatic rings. The summed E-state index contributed by atoms with van der Waals surface area (Å²) in [5.41, 5.74) is 1.28. The molecule has 20 heavy (non-hydrogen) atoms. The van der Waals surface area contributed by atoms with Crippen LogP contribution in [-0.4, -0.2) is 49.7 Å². The van der Waals surface area contributed by atoms with E-state index in [1.54, 1.807) is 0 Å². The maximum absolute atomic E-state index is 4.67. The molecule has 1 unspecified atom stereocenters. The van der Waals surface area contributed by atoms with E-state index in [9.17, 15) is 0 Å². The predicted octanol–water partition coefficient (Wildman–Crippen LogP) is 2.48. The Kier molecular flexibility index (Phi) is 5.81. The third-order valence-corrected chi connectivity index (χ3v) is 4.33. The van der Waals surface area contributed by atoms with Crippen molar-refractivity contribution in [3.63, 3.8) is 0 Å². The van der Waals surface area contributed by atoms with Gasteiger partial charge in [-0.15, -0.1) is 0 Å². The molecule has 2 heterocycles. The lowest BCUT2D eigenvalue weighted by Crippen LogP contribution is -2.45. The van der Waals surface area contributed by atoms with Gasteiger partial charge in [-0.1, -0.05) is 6.92 Å². The third kappa shape index (κ3) is 3.93. The molecule has 0 spiro atoms. The fourth-order valence-electron chi connectivity index (χ4n) is 2.72. The topological polar surface area (TPSA) is 31.4 Å². The number of rotatable bonds is 5. The molecule has 1 aromatic heterocycles. The predicted molar refractivity (Wildman–Crippen MR) is 88.2 cm³/mol. The Labute approximate surface area is 130 Å². The summed E-state index contributed by atoms with van der Waals surface area (Å²) in [6.07, 6.45) is 4.42. The first-order valence-electron chi connectivity index (χ1n) is 7.38. The molecule has 112 valence electrons. The maximum Gasteiger partial charge on any atom is 0.133 e. The minimum Gasteiger partial charge on any atom is -0.355 e. The molecule has 0 aromatic carbocycles. The van der Waals surface area contributed by atoms with Crippen molar-refractivity contribution in [1.29, 1.82) is 0 Å². The molecular weight excluding hydrogens is 316 g/mol. The standard InChI is InChI=1S/C15H25BrN4/c1-4-17-9-12-8-13(16)10-18-15(12)20-7-5-6-14(11-20)19(2)3/h8,10,14,17H,4-7,9,11H2,1-3H3. The molecule has 0 bridgehead atoms. The highest BCUT2D eigenvalue weighted by Gasteiger charge is 2.23. The Morgan fingerprint density at radius 1 is 1.50 bits per heavy atom. The van der Waals surface area contributed by atoms with Crippen LogP contribution < -0.4 is 10.2 Å². The number of nitrogens with one attached hydrogen (secondary N) is 1. The highest BCUT2D eigenvalue weighted by Crippen LogP contribution is 2.25. The van der Waals surface area contributed by atoms with Gasteiger partial charge in [-0.25, -0.2) is 4.98 Å². The lowest BCUT2D eigenvalue weighted by atomic mass is 10.0. The monoisotopic (exact) mass is 340 g/mol. The van der Waals surface area contributed by atoms with E-state index >= 15 is 0 Å². The Balaban J connectivity index is 2.17. The van der Waals surface area contributed by atoms with E-state index < -0.39 is 0 Å². The first-order valence-corrected chi connectivity index (χ1v) is 8.17. The first kappa shape index (κ1) is 15.7. The molecule has 1 N–H and O–H groups in total. The summed E-state index contributed by atoms with van der Waals surface area (Å²) >= 11 is 3.53. The highest BCUT2D eigenvalue weighted by molar-refractivity contribution is 9.10. The molecule has 1 aliphatic heterocycles. The van der Waals surface area contributed by atoms with Crippen LogP contribution in [0.1, 0.15) is 25.3 Å². The molecule has 0 amide bonds. The second-order valence-corrected chi connectivity index (χ2v) is 6.54. The van der Waals surface area contributed by atoms with Crippen LogP contribution >= 0.6 is 15.9 Å². The number of likely N-dealkylation sites (N-methyl/N-ethyl adjacent to an activating group) is 1. The molecule has 1 aliphatic rings. The summed E-state index contributed by atoms with van der Waals surface area (Å²) in [5.74, 6) is 1.14. The second-order valence-electron chi connectivity index (χ2n) is 5.62. The second kappa shape index (κ2) is 7.38. The number of anilines is 1. The van der Waals surface area contributed by atoms with Crippen LogP contribution in [0.4, 0.5) is 5.82 Å². The van der Waals surface area contributed by atoms with Gasteiger partial charge in [0.15, 0.2) is 0 Å². The minimum absolute atomic E-state index is 0.626. The lowest BCUT2D eigenvalue weighted by Gasteiger charge is -2.37. The van der Waals surface area contributed by atoms with Crippen LogP contribution in [0.5, 0.6) is 0 Å². The number of nitrogens with zero attached hydrogens (tertiary/aromatic N) is 3. The molecule has 5 heteroatoms. The smallest absolute Gasteiger partial charge is 0.133 e. The lowest BCUT2D eigenvalue weighted by molar-refractivity contribution is 0.257. The van der Waals surface area contributed by atoms with Gasteiger partial charge in [-0.2, -0.15) is 0 Å². The SMILES string of the molecule is CCNCc1cc(Br)cnc1N1CCCC(N(C)C)C1. The molecule has 1 fully saturated rings. The van der Waals surface area contributed by atoms with Crippen LogP contribution in [0, 0.1) is 0 Å². The molecule has 4 nitrogen and oxygen atoms in total. The number of piperidine rings is 1. The van der Waals surface area contributed by atoms with Crippen molar-refractivity contribution in [1.82, 2.24) is 15.2 Å². The van der Waals surface area contributed by atoms with E-state index in [2.05, 4.69) is 63.1 Å². The van der Waals surface area contributed by atoms with Crippen molar-refractivity contribution in [2.45, 2.75) is 32.4 Å². The van der Waals surface area contributed by atoms with Gasteiger partial charge < -0.3 is 15.1 Å². The van der Waals surface area contributed by atoms with Gasteiger partial charge in [0, 0.05) is 41.9 Å². The first-order chi connectivity index (χ1) is 9.61. The van der Waals surface area contributed by atoms with Crippen molar-refractivity contribution >= 4 is 21.7 Å². The molecule has 0 radical (unpaired) electrons. The van der Waals surface area contributed by atoms with Gasteiger partial charge in [0.2, 0.25) is 0 Å². The van der Waals surface area contributed by atoms with Gasteiger partial charge in [-0.05, 0) is 55.5 Å². The van der Waals surface area contributed by atoms with E-state index in [0.29, 0.717) is 6.04 Å². The van der Waals surface area contributed by atoms with Crippen molar-refractivity contribution in [3.05, 3.63) is 22.3 Å². The zero-order valence-corrected chi connectivity index (χ0v) is 14.3. The summed E-state index contributed by atoms with van der Waals surface area (Å²) in [7, 11) is 4.34. The molecule has 1 atom stereocenters. The Bertz CT molecular complexity index is 436. The van der Waals surface area contributed by atoms with Crippen molar-refractivity contribution < 1.29 is 0 Å². The molecule has 0 saturated carbocycles. The number of aromatic nitrogens is 1. The quantitative estimate of drug-likeness (QED) is 0.892. The van der Waals surface area contributed by atoms with E-state index in [1.165, 1.54) is 18.4 Å². The van der Waals surface area contributed by atoms with Crippen LogP contribution in [0.25, 0.3) is 0 Å². The zero-order chi connectivity index (χ0) is 14.5. The van der Waals surface area contributed by atoms with Crippen molar-refractivity contribution in [3.8, 4) is 0 Å². The number of pyridine rings is 1. The normalized spacial score (nSPS) is 19.6. The Morgan fingerprint density at radius 2 is 2.30 bits per heavy atom. The van der Waals surface area contributed by atoms with Gasteiger partial charge in [-0.3, -0.25) is 0 Å². The highest BCUT2D eigenvalue weighted by atomic mass is 79.9. The third-order valence-electron chi connectivity index (χ3n) is 3.90. The van der Waals surface area contributed by atoms with Gasteiger partial charge in [0.25, 0.3) is 0 Å². The molecule has 0 aliphatic carbocycles. The average molecular weight is 341 g/mol. The van der Waals surface area contributed by atoms with Crippen molar-refractivity contribution in [2.75, 3.05) is 38.6 Å². The Hall–Kier alpha value is -0.650. The number of halogens is 1. The minimum atomic E-state index is 0.626. The zero-order valence-electron chi connectivity index (χ0n) is 12.7. The Morgan fingerprint density at radius 3 is 3.00 bits per heavy atom. The largest absolute Gasteiger partial charge is 0.355 e. The molecule has 2 rings (SSSR count). The fourth-order valence-corrected chi connectivity index (χ4v) is 3.10. The van der Waals surface area contributed by atoms with E-state index in [-0.39, 0.29) is 0 Å². The maximum atomic E-state index is 4.67. The van der Waals surface area contributed by atoms with Crippen molar-refractivity contribution in [2.24, 2.45) is 0 Å². The van der Waals surface area contributed by atoms with Gasteiger partial charge in [0.1, 0.15) is 5.82 Å². The van der Waals surface area contributed by atoms with Crippen LogP contribution in [-0.2, 0) is 6.54 Å².